The van der Waals surface area contributed by atoms with E-state index in [0.717, 1.165) is 0 Å². The van der Waals surface area contributed by atoms with Gasteiger partial charge in [0.2, 0.25) is 0 Å². The third kappa shape index (κ3) is 6.54. The predicted octanol–water partition coefficient (Wildman–Crippen LogP) is 0.393. The summed E-state index contributed by atoms with van der Waals surface area (Å²) in [7, 11) is 1.61. The van der Waals surface area contributed by atoms with E-state index in [0.29, 0.717) is 13.2 Å². The molecule has 0 aliphatic carbocycles. The Hall–Kier alpha value is -0.160. The first-order valence-electron chi connectivity index (χ1n) is 4.04. The van der Waals surface area contributed by atoms with Crippen LogP contribution in [0.15, 0.2) is 0 Å². The zero-order valence-electron chi connectivity index (χ0n) is 7.95. The van der Waals surface area contributed by atoms with E-state index in [-0.39, 0.29) is 12.9 Å². The van der Waals surface area contributed by atoms with Gasteiger partial charge in [-0.25, -0.2) is 0 Å². The first kappa shape index (κ1) is 11.8. The topological polar surface area (TPSA) is 47.9 Å². The Morgan fingerprint density at radius 1 is 1.25 bits per heavy atom. The van der Waals surface area contributed by atoms with Crippen molar-refractivity contribution in [2.45, 2.75) is 26.1 Å². The zero-order valence-corrected chi connectivity index (χ0v) is 7.95. The Morgan fingerprint density at radius 2 is 1.92 bits per heavy atom. The molecule has 0 aliphatic rings. The van der Waals surface area contributed by atoms with E-state index in [4.69, 9.17) is 19.3 Å². The maximum Gasteiger partial charge on any atom is 0.147 e. The highest BCUT2D eigenvalue weighted by atomic mass is 16.7. The molecule has 0 unspecified atom stereocenters. The summed E-state index contributed by atoms with van der Waals surface area (Å²) in [5, 5.41) is 9.02. The lowest BCUT2D eigenvalue weighted by molar-refractivity contribution is -0.119. The van der Waals surface area contributed by atoms with Crippen LogP contribution in [0.5, 0.6) is 0 Å². The molecule has 0 aromatic carbocycles. The molecule has 2 atom stereocenters. The highest BCUT2D eigenvalue weighted by Crippen LogP contribution is 1.96. The van der Waals surface area contributed by atoms with Crippen LogP contribution >= 0.6 is 0 Å². The Morgan fingerprint density at radius 3 is 2.42 bits per heavy atom. The average Bonchev–Trinajstić information content (AvgIpc) is 2.03. The zero-order chi connectivity index (χ0) is 9.40. The molecular formula is C8H18O4. The number of rotatable bonds is 7. The highest BCUT2D eigenvalue weighted by Gasteiger charge is 2.07. The summed E-state index contributed by atoms with van der Waals surface area (Å²) >= 11 is 0. The molecule has 74 valence electrons. The van der Waals surface area contributed by atoms with Gasteiger partial charge >= 0.3 is 0 Å². The minimum atomic E-state index is -0.462. The quantitative estimate of drug-likeness (QED) is 0.452. The molecular weight excluding hydrogens is 160 g/mol. The van der Waals surface area contributed by atoms with Gasteiger partial charge in [0, 0.05) is 7.11 Å². The van der Waals surface area contributed by atoms with Gasteiger partial charge < -0.3 is 19.3 Å². The van der Waals surface area contributed by atoms with Crippen LogP contribution in [-0.4, -0.2) is 44.4 Å². The van der Waals surface area contributed by atoms with Crippen molar-refractivity contribution in [3.05, 3.63) is 0 Å². The summed E-state index contributed by atoms with van der Waals surface area (Å²) in [6.45, 7) is 4.76. The van der Waals surface area contributed by atoms with Gasteiger partial charge in [-0.3, -0.25) is 0 Å². The van der Waals surface area contributed by atoms with E-state index in [2.05, 4.69) is 0 Å². The Kier molecular flexibility index (Phi) is 7.39. The Bertz CT molecular complexity index is 95.1. The van der Waals surface area contributed by atoms with Crippen molar-refractivity contribution in [1.29, 1.82) is 0 Å². The van der Waals surface area contributed by atoms with Gasteiger partial charge in [0.25, 0.3) is 0 Å². The third-order valence-electron chi connectivity index (χ3n) is 1.53. The fourth-order valence-electron chi connectivity index (χ4n) is 0.496. The molecule has 0 rings (SSSR count). The second kappa shape index (κ2) is 7.49. The SMILES string of the molecule is COCCOCO[C@@H](C)[C@@H](C)O. The van der Waals surface area contributed by atoms with E-state index >= 15 is 0 Å². The summed E-state index contributed by atoms with van der Waals surface area (Å²) in [6.07, 6.45) is -0.649. The minimum Gasteiger partial charge on any atom is -0.391 e. The summed E-state index contributed by atoms with van der Waals surface area (Å²) in [6, 6.07) is 0. The molecule has 0 fully saturated rings. The number of aliphatic hydroxyl groups excluding tert-OH is 1. The minimum absolute atomic E-state index is 0.187. The van der Waals surface area contributed by atoms with Gasteiger partial charge in [0.05, 0.1) is 25.4 Å². The molecule has 1 N–H and O–H groups in total. The molecule has 0 spiro atoms. The fraction of sp³-hybridized carbons (Fsp3) is 1.00. The third-order valence-corrected chi connectivity index (χ3v) is 1.53. The van der Waals surface area contributed by atoms with Crippen molar-refractivity contribution in [3.8, 4) is 0 Å². The normalized spacial score (nSPS) is 16.0. The van der Waals surface area contributed by atoms with Crippen molar-refractivity contribution >= 4 is 0 Å². The molecule has 0 aromatic heterocycles. The van der Waals surface area contributed by atoms with Crippen LogP contribution in [-0.2, 0) is 14.2 Å². The van der Waals surface area contributed by atoms with Crippen molar-refractivity contribution < 1.29 is 19.3 Å². The lowest BCUT2D eigenvalue weighted by Gasteiger charge is -2.15. The molecule has 0 aromatic rings. The lowest BCUT2D eigenvalue weighted by atomic mass is 10.3. The maximum absolute atomic E-state index is 9.02. The summed E-state index contributed by atoms with van der Waals surface area (Å²) in [5.41, 5.74) is 0. The number of methoxy groups -OCH3 is 1. The lowest BCUT2D eigenvalue weighted by Crippen LogP contribution is -2.24. The second-order valence-corrected chi connectivity index (χ2v) is 2.63. The number of aliphatic hydroxyl groups is 1. The molecule has 4 heteroatoms. The number of ether oxygens (including phenoxy) is 3. The monoisotopic (exact) mass is 178 g/mol. The van der Waals surface area contributed by atoms with E-state index in [1.807, 2.05) is 0 Å². The molecule has 0 aliphatic heterocycles. The molecule has 0 bridgehead atoms. The molecule has 0 radical (unpaired) electrons. The highest BCUT2D eigenvalue weighted by molar-refractivity contribution is 4.54. The van der Waals surface area contributed by atoms with E-state index in [1.54, 1.807) is 21.0 Å². The number of hydrogen-bond donors (Lipinski definition) is 1. The van der Waals surface area contributed by atoms with Gasteiger partial charge in [-0.15, -0.1) is 0 Å². The molecule has 0 amide bonds. The van der Waals surface area contributed by atoms with Crippen molar-refractivity contribution in [3.63, 3.8) is 0 Å². The van der Waals surface area contributed by atoms with Gasteiger partial charge in [-0.1, -0.05) is 0 Å². The fourth-order valence-corrected chi connectivity index (χ4v) is 0.496. The first-order valence-corrected chi connectivity index (χ1v) is 4.04. The first-order chi connectivity index (χ1) is 5.68. The Labute approximate surface area is 73.4 Å². The van der Waals surface area contributed by atoms with Gasteiger partial charge in [0.1, 0.15) is 6.79 Å². The smallest absolute Gasteiger partial charge is 0.147 e. The van der Waals surface area contributed by atoms with Crippen LogP contribution in [0.4, 0.5) is 0 Å². The molecule has 0 saturated carbocycles. The molecule has 0 heterocycles. The maximum atomic E-state index is 9.02. The summed E-state index contributed by atoms with van der Waals surface area (Å²) in [5.74, 6) is 0. The summed E-state index contributed by atoms with van der Waals surface area (Å²) < 4.78 is 14.9. The van der Waals surface area contributed by atoms with Crippen LogP contribution in [0, 0.1) is 0 Å². The van der Waals surface area contributed by atoms with Gasteiger partial charge in [-0.2, -0.15) is 0 Å². The average molecular weight is 178 g/mol. The predicted molar refractivity (Wildman–Crippen MR) is 44.9 cm³/mol. The van der Waals surface area contributed by atoms with Crippen LogP contribution in [0.3, 0.4) is 0 Å². The largest absolute Gasteiger partial charge is 0.391 e. The van der Waals surface area contributed by atoms with E-state index in [1.165, 1.54) is 0 Å². The van der Waals surface area contributed by atoms with Gasteiger partial charge in [0.15, 0.2) is 0 Å². The number of hydrogen-bond acceptors (Lipinski definition) is 4. The molecule has 4 nitrogen and oxygen atoms in total. The van der Waals surface area contributed by atoms with Gasteiger partial charge in [-0.05, 0) is 13.8 Å². The molecule has 0 saturated heterocycles. The molecule has 12 heavy (non-hydrogen) atoms. The summed E-state index contributed by atoms with van der Waals surface area (Å²) in [4.78, 5) is 0. The van der Waals surface area contributed by atoms with Crippen LogP contribution in [0.1, 0.15) is 13.8 Å². The van der Waals surface area contributed by atoms with Crippen LogP contribution in [0.2, 0.25) is 0 Å². The van der Waals surface area contributed by atoms with Crippen molar-refractivity contribution in [2.75, 3.05) is 27.1 Å². The van der Waals surface area contributed by atoms with Crippen molar-refractivity contribution in [1.82, 2.24) is 0 Å². The van der Waals surface area contributed by atoms with Crippen LogP contribution < -0.4 is 0 Å². The van der Waals surface area contributed by atoms with E-state index < -0.39 is 6.10 Å². The van der Waals surface area contributed by atoms with E-state index in [9.17, 15) is 0 Å². The second-order valence-electron chi connectivity index (χ2n) is 2.63. The van der Waals surface area contributed by atoms with Crippen molar-refractivity contribution in [2.24, 2.45) is 0 Å². The standard InChI is InChI=1S/C8H18O4/c1-7(9)8(2)12-6-11-5-4-10-3/h7-9H,4-6H2,1-3H3/t7-,8+/m1/s1. The Balaban J connectivity index is 3.08. The van der Waals surface area contributed by atoms with Crippen LogP contribution in [0.25, 0.3) is 0 Å².